The van der Waals surface area contributed by atoms with Gasteiger partial charge < -0.3 is 5.32 Å². The molecule has 186 valence electrons. The summed E-state index contributed by atoms with van der Waals surface area (Å²) in [6, 6.07) is 18.6. The number of carbonyl (C=O) groups is 1. The van der Waals surface area contributed by atoms with Crippen molar-refractivity contribution in [3.8, 4) is 0 Å². The first-order valence-electron chi connectivity index (χ1n) is 12.4. The monoisotopic (exact) mass is 503 g/mol. The molecule has 6 nitrogen and oxygen atoms in total. The Bertz CT molecular complexity index is 1320. The first kappa shape index (κ1) is 24.5. The van der Waals surface area contributed by atoms with E-state index in [0.29, 0.717) is 30.4 Å². The lowest BCUT2D eigenvalue weighted by Gasteiger charge is -2.22. The van der Waals surface area contributed by atoms with Crippen molar-refractivity contribution in [2.24, 2.45) is 0 Å². The van der Waals surface area contributed by atoms with Crippen LogP contribution in [0.2, 0.25) is 0 Å². The van der Waals surface area contributed by atoms with Crippen molar-refractivity contribution in [1.82, 2.24) is 24.8 Å². The molecule has 2 aromatic carbocycles. The maximum atomic E-state index is 13.3. The van der Waals surface area contributed by atoms with Crippen molar-refractivity contribution in [1.29, 1.82) is 0 Å². The first-order chi connectivity index (χ1) is 17.6. The van der Waals surface area contributed by atoms with Gasteiger partial charge in [-0.15, -0.1) is 0 Å². The summed E-state index contributed by atoms with van der Waals surface area (Å²) in [5, 5.41) is 3.96. The van der Waals surface area contributed by atoms with Gasteiger partial charge in [-0.2, -0.15) is 0 Å². The lowest BCUT2D eigenvalue weighted by atomic mass is 10.1. The molecule has 1 aliphatic heterocycles. The van der Waals surface area contributed by atoms with Crippen molar-refractivity contribution >= 4 is 28.8 Å². The molecule has 4 aromatic rings. The van der Waals surface area contributed by atoms with E-state index in [1.807, 2.05) is 36.4 Å². The number of nitrogens with one attached hydrogen (secondary N) is 1. The summed E-state index contributed by atoms with van der Waals surface area (Å²) in [6.45, 7) is 5.60. The summed E-state index contributed by atoms with van der Waals surface area (Å²) in [6.07, 6.45) is 4.11. The minimum absolute atomic E-state index is 0.0326. The number of hydrogen-bond donors (Lipinski definition) is 1. The van der Waals surface area contributed by atoms with Gasteiger partial charge in [-0.3, -0.25) is 14.3 Å². The number of fused-ring (bicyclic) bond motifs is 1. The number of pyridine rings is 1. The molecule has 1 atom stereocenters. The molecule has 0 radical (unpaired) electrons. The summed E-state index contributed by atoms with van der Waals surface area (Å²) in [5.41, 5.74) is 4.41. The third kappa shape index (κ3) is 5.60. The molecule has 1 saturated heterocycles. The molecule has 0 bridgehead atoms. The Kier molecular flexibility index (Phi) is 7.63. The fourth-order valence-electron chi connectivity index (χ4n) is 4.72. The molecular weight excluding hydrogens is 473 g/mol. The van der Waals surface area contributed by atoms with Gasteiger partial charge in [0.1, 0.15) is 11.3 Å². The van der Waals surface area contributed by atoms with Crippen molar-refractivity contribution in [2.45, 2.75) is 43.3 Å². The van der Waals surface area contributed by atoms with Gasteiger partial charge in [0, 0.05) is 30.1 Å². The predicted molar refractivity (Wildman–Crippen MR) is 142 cm³/mol. The normalized spacial score (nSPS) is 16.0. The topological polar surface area (TPSA) is 63.1 Å². The molecule has 1 N–H and O–H groups in total. The lowest BCUT2D eigenvalue weighted by Crippen LogP contribution is -2.40. The summed E-state index contributed by atoms with van der Waals surface area (Å²) < 4.78 is 15.4. The number of hydrogen-bond acceptors (Lipinski definition) is 5. The fourth-order valence-corrected chi connectivity index (χ4v) is 5.68. The lowest BCUT2D eigenvalue weighted by molar-refractivity contribution is 0.0941. The molecule has 1 aliphatic rings. The molecule has 5 rings (SSSR count). The maximum Gasteiger partial charge on any atom is 0.251 e. The summed E-state index contributed by atoms with van der Waals surface area (Å²) >= 11 is 1.60. The number of amides is 1. The summed E-state index contributed by atoms with van der Waals surface area (Å²) in [4.78, 5) is 24.5. The quantitative estimate of drug-likeness (QED) is 0.321. The Balaban J connectivity index is 1.27. The number of nitrogens with zero attached hydrogens (tertiary/aromatic N) is 4. The van der Waals surface area contributed by atoms with Gasteiger partial charge in [0.2, 0.25) is 0 Å². The zero-order chi connectivity index (χ0) is 24.9. The number of thioether (sulfide) groups is 1. The Morgan fingerprint density at radius 3 is 2.67 bits per heavy atom. The molecule has 3 heterocycles. The number of likely N-dealkylation sites (tertiary alicyclic amines) is 1. The van der Waals surface area contributed by atoms with E-state index in [1.165, 1.54) is 18.6 Å². The van der Waals surface area contributed by atoms with Gasteiger partial charge in [0.25, 0.3) is 5.91 Å². The predicted octanol–water partition coefficient (Wildman–Crippen LogP) is 5.13. The van der Waals surface area contributed by atoms with Gasteiger partial charge >= 0.3 is 0 Å². The van der Waals surface area contributed by atoms with Gasteiger partial charge in [-0.1, -0.05) is 43.0 Å². The molecule has 0 saturated carbocycles. The number of imidazole rings is 1. The fraction of sp³-hybridized carbons (Fsp3) is 0.321. The number of rotatable bonds is 9. The van der Waals surface area contributed by atoms with Crippen molar-refractivity contribution < 1.29 is 9.18 Å². The molecule has 0 aliphatic carbocycles. The second kappa shape index (κ2) is 11.2. The van der Waals surface area contributed by atoms with Crippen molar-refractivity contribution in [3.63, 3.8) is 0 Å². The Labute approximate surface area is 214 Å². The van der Waals surface area contributed by atoms with Crippen LogP contribution in [0.25, 0.3) is 11.2 Å². The zero-order valence-corrected chi connectivity index (χ0v) is 21.2. The van der Waals surface area contributed by atoms with Crippen LogP contribution >= 0.6 is 11.8 Å². The highest BCUT2D eigenvalue weighted by molar-refractivity contribution is 7.98. The standard InChI is InChI=1S/C28H30FN5OS/c1-2-33-16-4-5-24(33)17-31-27(35)22-11-7-20(8-12-22)18-34-26-25(6-3-15-30-26)32-28(34)36-19-21-9-13-23(29)14-10-21/h3,6-15,24H,2,4-5,16-19H2,1H3,(H,31,35). The molecule has 2 aromatic heterocycles. The molecule has 8 heteroatoms. The van der Waals surface area contributed by atoms with Gasteiger partial charge in [0.15, 0.2) is 10.8 Å². The smallest absolute Gasteiger partial charge is 0.251 e. The molecule has 36 heavy (non-hydrogen) atoms. The van der Waals surface area contributed by atoms with Gasteiger partial charge in [0.05, 0.1) is 6.54 Å². The van der Waals surface area contributed by atoms with E-state index in [4.69, 9.17) is 4.98 Å². The van der Waals surface area contributed by atoms with Crippen LogP contribution in [0.15, 0.2) is 72.0 Å². The van der Waals surface area contributed by atoms with Crippen LogP contribution in [-0.4, -0.2) is 51.0 Å². The number of halogens is 1. The van der Waals surface area contributed by atoms with Crippen LogP contribution in [0.5, 0.6) is 0 Å². The zero-order valence-electron chi connectivity index (χ0n) is 20.4. The molecule has 1 unspecified atom stereocenters. The van der Waals surface area contributed by atoms with Crippen LogP contribution in [0.4, 0.5) is 4.39 Å². The largest absolute Gasteiger partial charge is 0.350 e. The van der Waals surface area contributed by atoms with Crippen molar-refractivity contribution in [3.05, 3.63) is 89.4 Å². The summed E-state index contributed by atoms with van der Waals surface area (Å²) in [7, 11) is 0. The Morgan fingerprint density at radius 1 is 1.11 bits per heavy atom. The van der Waals surface area contributed by atoms with E-state index in [9.17, 15) is 9.18 Å². The van der Waals surface area contributed by atoms with Gasteiger partial charge in [-0.25, -0.2) is 14.4 Å². The number of likely N-dealkylation sites (N-methyl/N-ethyl adjacent to an activating group) is 1. The first-order valence-corrected chi connectivity index (χ1v) is 13.4. The molecule has 0 spiro atoms. The van der Waals surface area contributed by atoms with E-state index in [-0.39, 0.29) is 11.7 Å². The molecular formula is C28H30FN5OS. The van der Waals surface area contributed by atoms with Crippen LogP contribution in [0, 0.1) is 5.82 Å². The van der Waals surface area contributed by atoms with E-state index >= 15 is 0 Å². The number of carbonyl (C=O) groups excluding carboxylic acids is 1. The van der Waals surface area contributed by atoms with Crippen molar-refractivity contribution in [2.75, 3.05) is 19.6 Å². The van der Waals surface area contributed by atoms with E-state index in [1.54, 1.807) is 30.1 Å². The Morgan fingerprint density at radius 2 is 1.89 bits per heavy atom. The maximum absolute atomic E-state index is 13.3. The van der Waals surface area contributed by atoms with Gasteiger partial charge in [-0.05, 0) is 73.5 Å². The highest BCUT2D eigenvalue weighted by atomic mass is 32.2. The minimum Gasteiger partial charge on any atom is -0.350 e. The van der Waals surface area contributed by atoms with Crippen LogP contribution < -0.4 is 5.32 Å². The van der Waals surface area contributed by atoms with Crippen LogP contribution in [0.1, 0.15) is 41.3 Å². The summed E-state index contributed by atoms with van der Waals surface area (Å²) in [5.74, 6) is 0.410. The SMILES string of the molecule is CCN1CCCC1CNC(=O)c1ccc(Cn2c(SCc3ccc(F)cc3)nc3cccnc32)cc1. The molecule has 1 amide bonds. The van der Waals surface area contributed by atoms with E-state index < -0.39 is 0 Å². The minimum atomic E-state index is -0.237. The second-order valence-electron chi connectivity index (χ2n) is 9.07. The average Bonchev–Trinajstić information content (AvgIpc) is 3.51. The number of aromatic nitrogens is 3. The van der Waals surface area contributed by atoms with Crippen LogP contribution in [-0.2, 0) is 12.3 Å². The van der Waals surface area contributed by atoms with E-state index in [0.717, 1.165) is 47.0 Å². The number of benzene rings is 2. The third-order valence-corrected chi connectivity index (χ3v) is 7.76. The van der Waals surface area contributed by atoms with E-state index in [2.05, 4.69) is 26.7 Å². The highest BCUT2D eigenvalue weighted by Gasteiger charge is 2.23. The third-order valence-electron chi connectivity index (χ3n) is 6.71. The second-order valence-corrected chi connectivity index (χ2v) is 10.0. The Hall–Kier alpha value is -3.23. The van der Waals surface area contributed by atoms with Crippen LogP contribution in [0.3, 0.4) is 0 Å². The highest BCUT2D eigenvalue weighted by Crippen LogP contribution is 2.27. The molecule has 1 fully saturated rings. The average molecular weight is 504 g/mol.